The molecular formula is C24H42N2O2S2+2. The molecule has 2 N–H and O–H groups in total. The summed E-state index contributed by atoms with van der Waals surface area (Å²) < 4.78 is 4.72. The first-order valence-electron chi connectivity index (χ1n) is 11.8. The first kappa shape index (κ1) is 25.4. The molecule has 0 atom stereocenters. The molecule has 4 nitrogen and oxygen atoms in total. The third-order valence-corrected chi connectivity index (χ3v) is 8.33. The third kappa shape index (κ3) is 8.74. The number of aliphatic hydroxyl groups excluding tert-OH is 2. The van der Waals surface area contributed by atoms with Gasteiger partial charge in [0.15, 0.2) is 11.4 Å². The molecule has 0 spiro atoms. The molecule has 0 fully saturated rings. The number of hydrogen-bond donors (Lipinski definition) is 2. The van der Waals surface area contributed by atoms with Crippen molar-refractivity contribution in [3.8, 4) is 0 Å². The van der Waals surface area contributed by atoms with Crippen LogP contribution in [-0.2, 0) is 25.9 Å². The SMILES string of the molecule is Cc1c(CCO)sc[n+]1CCCCCCCCCCCC[n+]1csc(CCO)c1C. The van der Waals surface area contributed by atoms with Crippen molar-refractivity contribution in [3.05, 3.63) is 32.2 Å². The fraction of sp³-hybridized carbons (Fsp3) is 0.750. The minimum Gasteiger partial charge on any atom is -0.396 e. The van der Waals surface area contributed by atoms with Crippen LogP contribution in [0.25, 0.3) is 0 Å². The van der Waals surface area contributed by atoms with Gasteiger partial charge in [-0.3, -0.25) is 0 Å². The monoisotopic (exact) mass is 454 g/mol. The molecule has 0 saturated heterocycles. The molecule has 0 amide bonds. The summed E-state index contributed by atoms with van der Waals surface area (Å²) in [6, 6.07) is 0. The molecule has 2 aromatic heterocycles. The molecule has 0 aromatic carbocycles. The van der Waals surface area contributed by atoms with Gasteiger partial charge in [0.1, 0.15) is 13.1 Å². The number of unbranched alkanes of at least 4 members (excludes halogenated alkanes) is 9. The van der Waals surface area contributed by atoms with Gasteiger partial charge in [0.2, 0.25) is 11.0 Å². The summed E-state index contributed by atoms with van der Waals surface area (Å²) in [5.41, 5.74) is 7.11. The Bertz CT molecular complexity index is 652. The zero-order chi connectivity index (χ0) is 21.6. The number of hydrogen-bond acceptors (Lipinski definition) is 4. The number of rotatable bonds is 17. The van der Waals surface area contributed by atoms with Gasteiger partial charge in [-0.25, -0.2) is 0 Å². The summed E-state index contributed by atoms with van der Waals surface area (Å²) in [5, 5.41) is 18.2. The second-order valence-corrected chi connectivity index (χ2v) is 10.2. The van der Waals surface area contributed by atoms with Crippen molar-refractivity contribution in [1.82, 2.24) is 0 Å². The lowest BCUT2D eigenvalue weighted by Crippen LogP contribution is -2.34. The van der Waals surface area contributed by atoms with Crippen LogP contribution in [0.1, 0.15) is 85.4 Å². The predicted molar refractivity (Wildman–Crippen MR) is 126 cm³/mol. The van der Waals surface area contributed by atoms with Crippen molar-refractivity contribution in [2.75, 3.05) is 13.2 Å². The van der Waals surface area contributed by atoms with E-state index in [2.05, 4.69) is 34.0 Å². The summed E-state index contributed by atoms with van der Waals surface area (Å²) in [6.07, 6.45) is 15.0. The Morgan fingerprint density at radius 1 is 0.600 bits per heavy atom. The normalized spacial score (nSPS) is 11.5. The Labute approximate surface area is 191 Å². The van der Waals surface area contributed by atoms with Crippen LogP contribution >= 0.6 is 22.7 Å². The van der Waals surface area contributed by atoms with Crippen molar-refractivity contribution >= 4 is 22.7 Å². The Morgan fingerprint density at radius 2 is 0.933 bits per heavy atom. The zero-order valence-corrected chi connectivity index (χ0v) is 20.7. The lowest BCUT2D eigenvalue weighted by Gasteiger charge is -2.02. The topological polar surface area (TPSA) is 48.2 Å². The fourth-order valence-corrected chi connectivity index (χ4v) is 6.04. The van der Waals surface area contributed by atoms with E-state index in [1.54, 1.807) is 22.7 Å². The van der Waals surface area contributed by atoms with Crippen molar-refractivity contribution in [3.63, 3.8) is 0 Å². The van der Waals surface area contributed by atoms with Gasteiger partial charge in [0.05, 0.1) is 9.75 Å². The summed E-state index contributed by atoms with van der Waals surface area (Å²) in [6.45, 7) is 7.10. The average Bonchev–Trinajstić information content (AvgIpc) is 3.26. The standard InChI is InChI=1S/C24H42N2O2S2/c1-21-23(13-17-27)29-19-25(21)15-11-9-7-5-3-4-6-8-10-12-16-26-20-30-24(14-18-28)22(26)2/h19-20,27-28H,3-18H2,1-2H3/q+2. The highest BCUT2D eigenvalue weighted by Crippen LogP contribution is 2.14. The van der Waals surface area contributed by atoms with Crippen molar-refractivity contribution < 1.29 is 19.3 Å². The first-order valence-corrected chi connectivity index (χ1v) is 13.6. The molecule has 0 unspecified atom stereocenters. The van der Waals surface area contributed by atoms with E-state index >= 15 is 0 Å². The van der Waals surface area contributed by atoms with Gasteiger partial charge < -0.3 is 10.2 Å². The lowest BCUT2D eigenvalue weighted by atomic mass is 10.1. The highest BCUT2D eigenvalue weighted by Gasteiger charge is 2.14. The highest BCUT2D eigenvalue weighted by atomic mass is 32.1. The van der Waals surface area contributed by atoms with E-state index in [-0.39, 0.29) is 13.2 Å². The van der Waals surface area contributed by atoms with Crippen LogP contribution in [0.2, 0.25) is 0 Å². The molecule has 0 bridgehead atoms. The van der Waals surface area contributed by atoms with Crippen molar-refractivity contribution in [2.24, 2.45) is 0 Å². The molecule has 0 saturated carbocycles. The maximum absolute atomic E-state index is 9.09. The van der Waals surface area contributed by atoms with Crippen LogP contribution in [0.4, 0.5) is 0 Å². The number of thiazole rings is 2. The summed E-state index contributed by atoms with van der Waals surface area (Å²) in [4.78, 5) is 2.65. The van der Waals surface area contributed by atoms with E-state index in [0.29, 0.717) is 0 Å². The highest BCUT2D eigenvalue weighted by molar-refractivity contribution is 7.09. The average molecular weight is 455 g/mol. The van der Waals surface area contributed by atoms with E-state index in [9.17, 15) is 0 Å². The van der Waals surface area contributed by atoms with E-state index in [4.69, 9.17) is 10.2 Å². The van der Waals surface area contributed by atoms with Gasteiger partial charge in [0, 0.05) is 52.7 Å². The van der Waals surface area contributed by atoms with Crippen LogP contribution in [0.5, 0.6) is 0 Å². The molecule has 0 aliphatic rings. The van der Waals surface area contributed by atoms with Gasteiger partial charge in [-0.1, -0.05) is 61.2 Å². The van der Waals surface area contributed by atoms with Gasteiger partial charge in [0.25, 0.3) is 0 Å². The summed E-state index contributed by atoms with van der Waals surface area (Å²) >= 11 is 3.56. The second-order valence-electron chi connectivity index (χ2n) is 8.33. The van der Waals surface area contributed by atoms with Crippen molar-refractivity contribution in [2.45, 2.75) is 104 Å². The molecule has 0 aliphatic carbocycles. The van der Waals surface area contributed by atoms with Crippen LogP contribution in [0, 0.1) is 13.8 Å². The summed E-state index contributed by atoms with van der Waals surface area (Å²) in [5.74, 6) is 0. The molecule has 6 heteroatoms. The summed E-state index contributed by atoms with van der Waals surface area (Å²) in [7, 11) is 0. The molecule has 2 rings (SSSR count). The maximum atomic E-state index is 9.09. The predicted octanol–water partition coefficient (Wildman–Crippen LogP) is 4.67. The van der Waals surface area contributed by atoms with Gasteiger partial charge in [-0.2, -0.15) is 9.13 Å². The largest absolute Gasteiger partial charge is 0.396 e. The van der Waals surface area contributed by atoms with E-state index < -0.39 is 0 Å². The first-order chi connectivity index (χ1) is 14.7. The minimum absolute atomic E-state index is 0.251. The molecule has 2 aromatic rings. The van der Waals surface area contributed by atoms with Crippen LogP contribution in [-0.4, -0.2) is 23.4 Å². The molecule has 2 heterocycles. The third-order valence-electron chi connectivity index (χ3n) is 6.04. The molecule has 170 valence electrons. The molecule has 0 radical (unpaired) electrons. The lowest BCUT2D eigenvalue weighted by molar-refractivity contribution is -0.698. The van der Waals surface area contributed by atoms with Gasteiger partial charge in [-0.05, 0) is 12.8 Å². The molecule has 30 heavy (non-hydrogen) atoms. The Balaban J connectivity index is 1.41. The Hall–Kier alpha value is -0.820. The Kier molecular flexibility index (Phi) is 12.8. The van der Waals surface area contributed by atoms with E-state index in [1.807, 2.05) is 0 Å². The quantitative estimate of drug-likeness (QED) is 0.269. The molecular weight excluding hydrogens is 412 g/mol. The number of aromatic nitrogens is 2. The maximum Gasteiger partial charge on any atom is 0.225 e. The zero-order valence-electron chi connectivity index (χ0n) is 19.1. The molecule has 0 aliphatic heterocycles. The minimum atomic E-state index is 0.251. The smallest absolute Gasteiger partial charge is 0.225 e. The Morgan fingerprint density at radius 3 is 1.27 bits per heavy atom. The second kappa shape index (κ2) is 15.1. The van der Waals surface area contributed by atoms with Gasteiger partial charge in [-0.15, -0.1) is 0 Å². The van der Waals surface area contributed by atoms with Crippen LogP contribution in [0.3, 0.4) is 0 Å². The van der Waals surface area contributed by atoms with Crippen LogP contribution < -0.4 is 9.13 Å². The van der Waals surface area contributed by atoms with Gasteiger partial charge >= 0.3 is 0 Å². The van der Waals surface area contributed by atoms with Crippen molar-refractivity contribution in [1.29, 1.82) is 0 Å². The fourth-order valence-electron chi connectivity index (χ4n) is 4.01. The number of aryl methyl sites for hydroxylation is 2. The van der Waals surface area contributed by atoms with E-state index in [1.165, 1.54) is 85.4 Å². The van der Waals surface area contributed by atoms with Crippen LogP contribution in [0.15, 0.2) is 11.0 Å². The van der Waals surface area contributed by atoms with E-state index in [0.717, 1.165) is 25.9 Å². The number of nitrogens with zero attached hydrogens (tertiary/aromatic N) is 2. The number of aliphatic hydroxyl groups is 2.